The zero-order valence-corrected chi connectivity index (χ0v) is 10.3. The molecule has 1 unspecified atom stereocenters. The molecule has 0 spiro atoms. The summed E-state index contributed by atoms with van der Waals surface area (Å²) in [5.41, 5.74) is 0.294. The van der Waals surface area contributed by atoms with Gasteiger partial charge >= 0.3 is 0 Å². The van der Waals surface area contributed by atoms with Crippen LogP contribution in [0.2, 0.25) is 0 Å². The van der Waals surface area contributed by atoms with Crippen LogP contribution in [0, 0.1) is 0 Å². The Hall–Kier alpha value is -2.37. The molecule has 3 N–H and O–H groups in total. The van der Waals surface area contributed by atoms with Crippen molar-refractivity contribution in [3.63, 3.8) is 0 Å². The number of nitrogens with one attached hydrogen (secondary N) is 3. The fourth-order valence-corrected chi connectivity index (χ4v) is 0.925. The molecule has 0 rings (SSSR count). The third-order valence-electron chi connectivity index (χ3n) is 1.86. The molecule has 3 amide bonds. The van der Waals surface area contributed by atoms with Crippen molar-refractivity contribution in [1.29, 1.82) is 0 Å². The van der Waals surface area contributed by atoms with Crippen LogP contribution in [0.25, 0.3) is 0 Å². The van der Waals surface area contributed by atoms with Crippen LogP contribution in [0.15, 0.2) is 37.5 Å². The second-order valence-electron chi connectivity index (χ2n) is 3.47. The number of rotatable bonds is 7. The smallest absolute Gasteiger partial charge is 0.247 e. The Balaban J connectivity index is 4.50. The van der Waals surface area contributed by atoms with Gasteiger partial charge in [0.2, 0.25) is 17.7 Å². The van der Waals surface area contributed by atoms with Crippen LogP contribution < -0.4 is 16.0 Å². The summed E-state index contributed by atoms with van der Waals surface area (Å²) in [7, 11) is 0. The quantitative estimate of drug-likeness (QED) is 0.425. The molecule has 1 atom stereocenters. The predicted molar refractivity (Wildman–Crippen MR) is 68.3 cm³/mol. The Morgan fingerprint density at radius 3 is 2.11 bits per heavy atom. The van der Waals surface area contributed by atoms with Crippen molar-refractivity contribution in [2.75, 3.05) is 6.54 Å². The van der Waals surface area contributed by atoms with Crippen LogP contribution in [-0.4, -0.2) is 30.4 Å². The van der Waals surface area contributed by atoms with Crippen LogP contribution in [0.5, 0.6) is 0 Å². The van der Waals surface area contributed by atoms with E-state index in [0.717, 1.165) is 12.2 Å². The number of carbonyl (C=O) groups excluding carboxylic acids is 3. The highest BCUT2D eigenvalue weighted by atomic mass is 16.2. The van der Waals surface area contributed by atoms with Gasteiger partial charge in [-0.15, -0.1) is 0 Å². The van der Waals surface area contributed by atoms with E-state index in [0.29, 0.717) is 5.57 Å². The average Bonchev–Trinajstić information content (AvgIpc) is 2.34. The molecule has 6 nitrogen and oxygen atoms in total. The van der Waals surface area contributed by atoms with Gasteiger partial charge in [-0.25, -0.2) is 0 Å². The van der Waals surface area contributed by atoms with E-state index in [-0.39, 0.29) is 6.54 Å². The predicted octanol–water partition coefficient (Wildman–Crippen LogP) is -0.391. The largest absolute Gasteiger partial charge is 0.349 e. The Labute approximate surface area is 106 Å². The molecule has 18 heavy (non-hydrogen) atoms. The summed E-state index contributed by atoms with van der Waals surface area (Å²) in [6.07, 6.45) is 1.41. The second-order valence-corrected chi connectivity index (χ2v) is 3.47. The molecular formula is C12H17N3O3. The molecule has 0 aliphatic heterocycles. The lowest BCUT2D eigenvalue weighted by Gasteiger charge is -2.19. The number of carbonyl (C=O) groups is 3. The molecule has 0 heterocycles. The van der Waals surface area contributed by atoms with Gasteiger partial charge < -0.3 is 16.0 Å². The molecule has 6 heteroatoms. The van der Waals surface area contributed by atoms with Crippen LogP contribution in [0.4, 0.5) is 0 Å². The van der Waals surface area contributed by atoms with E-state index in [1.807, 2.05) is 0 Å². The van der Waals surface area contributed by atoms with Gasteiger partial charge in [-0.1, -0.05) is 19.7 Å². The third kappa shape index (κ3) is 6.26. The van der Waals surface area contributed by atoms with Crippen molar-refractivity contribution in [1.82, 2.24) is 16.0 Å². The summed E-state index contributed by atoms with van der Waals surface area (Å²) in [5.74, 6) is -1.29. The highest BCUT2D eigenvalue weighted by molar-refractivity contribution is 5.93. The van der Waals surface area contributed by atoms with Crippen LogP contribution >= 0.6 is 0 Å². The first kappa shape index (κ1) is 15.6. The molecule has 0 aromatic rings. The lowest BCUT2D eigenvalue weighted by molar-refractivity contribution is -0.121. The van der Waals surface area contributed by atoms with Gasteiger partial charge in [-0.05, 0) is 19.1 Å². The maximum Gasteiger partial charge on any atom is 0.247 e. The molecule has 0 bridgehead atoms. The van der Waals surface area contributed by atoms with Crippen molar-refractivity contribution in [3.05, 3.63) is 37.5 Å². The summed E-state index contributed by atoms with van der Waals surface area (Å²) in [4.78, 5) is 33.6. The van der Waals surface area contributed by atoms with Crippen molar-refractivity contribution in [2.45, 2.75) is 13.1 Å². The van der Waals surface area contributed by atoms with Crippen LogP contribution in [-0.2, 0) is 14.4 Å². The summed E-state index contributed by atoms with van der Waals surface area (Å²) < 4.78 is 0. The monoisotopic (exact) mass is 251 g/mol. The van der Waals surface area contributed by atoms with Crippen molar-refractivity contribution >= 4 is 17.7 Å². The topological polar surface area (TPSA) is 87.3 Å². The van der Waals surface area contributed by atoms with E-state index < -0.39 is 23.9 Å². The molecular weight excluding hydrogens is 234 g/mol. The molecule has 0 saturated heterocycles. The fourth-order valence-electron chi connectivity index (χ4n) is 0.925. The van der Waals surface area contributed by atoms with Crippen LogP contribution in [0.3, 0.4) is 0 Å². The van der Waals surface area contributed by atoms with Gasteiger partial charge in [-0.3, -0.25) is 14.4 Å². The number of amides is 3. The first-order valence-corrected chi connectivity index (χ1v) is 5.20. The zero-order chi connectivity index (χ0) is 14.1. The lowest BCUT2D eigenvalue weighted by Crippen LogP contribution is -2.53. The maximum atomic E-state index is 11.4. The van der Waals surface area contributed by atoms with E-state index in [1.54, 1.807) is 0 Å². The van der Waals surface area contributed by atoms with E-state index in [9.17, 15) is 14.4 Å². The highest BCUT2D eigenvalue weighted by Gasteiger charge is 2.14. The minimum atomic E-state index is -0.747. The van der Waals surface area contributed by atoms with Crippen molar-refractivity contribution < 1.29 is 14.4 Å². The summed E-state index contributed by atoms with van der Waals surface area (Å²) in [6.45, 7) is 11.6. The van der Waals surface area contributed by atoms with E-state index >= 15 is 0 Å². The molecule has 98 valence electrons. The minimum Gasteiger partial charge on any atom is -0.349 e. The normalized spacial score (nSPS) is 10.7. The standard InChI is InChI=1S/C12H17N3O3/c1-5-10(16)13-7-9(14-11(17)6-2)15-12(18)8(3)4/h5-6,9H,1-3,7H2,4H3,(H,13,16)(H,14,17)(H,15,18). The van der Waals surface area contributed by atoms with Gasteiger partial charge in [-0.2, -0.15) is 0 Å². The molecule has 0 radical (unpaired) electrons. The Bertz CT molecular complexity index is 388. The van der Waals surface area contributed by atoms with E-state index in [2.05, 4.69) is 35.7 Å². The van der Waals surface area contributed by atoms with E-state index in [4.69, 9.17) is 0 Å². The molecule has 0 fully saturated rings. The molecule has 0 aromatic heterocycles. The Morgan fingerprint density at radius 2 is 1.67 bits per heavy atom. The van der Waals surface area contributed by atoms with Gasteiger partial charge in [0.15, 0.2) is 0 Å². The summed E-state index contributed by atoms with van der Waals surface area (Å²) >= 11 is 0. The number of hydrogen-bond acceptors (Lipinski definition) is 3. The SMILES string of the molecule is C=CC(=O)NCC(NC(=O)C=C)NC(=O)C(=C)C. The Kier molecular flexibility index (Phi) is 6.80. The zero-order valence-electron chi connectivity index (χ0n) is 10.3. The van der Waals surface area contributed by atoms with Gasteiger partial charge in [0, 0.05) is 5.57 Å². The molecule has 0 aliphatic rings. The third-order valence-corrected chi connectivity index (χ3v) is 1.86. The average molecular weight is 251 g/mol. The van der Waals surface area contributed by atoms with Gasteiger partial charge in [0.25, 0.3) is 0 Å². The highest BCUT2D eigenvalue weighted by Crippen LogP contribution is 1.88. The summed E-state index contributed by atoms with van der Waals surface area (Å²) in [6, 6.07) is 0. The van der Waals surface area contributed by atoms with Crippen molar-refractivity contribution in [2.24, 2.45) is 0 Å². The maximum absolute atomic E-state index is 11.4. The van der Waals surface area contributed by atoms with E-state index in [1.165, 1.54) is 6.92 Å². The first-order chi connectivity index (χ1) is 8.40. The van der Waals surface area contributed by atoms with Gasteiger partial charge in [0.1, 0.15) is 6.17 Å². The van der Waals surface area contributed by atoms with Crippen LogP contribution in [0.1, 0.15) is 6.92 Å². The Morgan fingerprint density at radius 1 is 1.11 bits per heavy atom. The second kappa shape index (κ2) is 7.83. The molecule has 0 aromatic carbocycles. The first-order valence-electron chi connectivity index (χ1n) is 5.20. The summed E-state index contributed by atoms with van der Waals surface area (Å²) in [5, 5.41) is 7.40. The minimum absolute atomic E-state index is 0.0312. The lowest BCUT2D eigenvalue weighted by atomic mass is 10.3. The molecule has 0 aliphatic carbocycles. The van der Waals surface area contributed by atoms with Crippen molar-refractivity contribution in [3.8, 4) is 0 Å². The fraction of sp³-hybridized carbons (Fsp3) is 0.250. The number of hydrogen-bond donors (Lipinski definition) is 3. The molecule has 0 saturated carbocycles. The van der Waals surface area contributed by atoms with Gasteiger partial charge in [0.05, 0.1) is 6.54 Å².